The van der Waals surface area contributed by atoms with E-state index >= 15 is 0 Å². The molecule has 3 nitrogen and oxygen atoms in total. The van der Waals surface area contributed by atoms with Crippen LogP contribution >= 0.6 is 0 Å². The van der Waals surface area contributed by atoms with Crippen LogP contribution in [0.25, 0.3) is 0 Å². The van der Waals surface area contributed by atoms with E-state index in [1.165, 1.54) is 154 Å². The number of hydrogen-bond acceptors (Lipinski definition) is 2. The average Bonchev–Trinajstić information content (AvgIpc) is 2.92. The first-order chi connectivity index (χ1) is 19.0. The molecule has 0 aromatic carbocycles. The van der Waals surface area contributed by atoms with Crippen LogP contribution < -0.4 is 0 Å². The lowest BCUT2D eigenvalue weighted by Gasteiger charge is -2.16. The van der Waals surface area contributed by atoms with Crippen LogP contribution in [0.5, 0.6) is 0 Å². The molecule has 0 bridgehead atoms. The van der Waals surface area contributed by atoms with Crippen LogP contribution in [0.4, 0.5) is 0 Å². The Morgan fingerprint density at radius 1 is 0.436 bits per heavy atom. The van der Waals surface area contributed by atoms with E-state index in [0.29, 0.717) is 13.0 Å². The van der Waals surface area contributed by atoms with Gasteiger partial charge in [-0.1, -0.05) is 188 Å². The van der Waals surface area contributed by atoms with E-state index in [1.807, 2.05) is 0 Å². The zero-order valence-electron chi connectivity index (χ0n) is 27.5. The number of unbranched alkanes of at least 4 members (excludes halogenated alkanes) is 15. The summed E-state index contributed by atoms with van der Waals surface area (Å²) in [5.41, 5.74) is 0. The normalized spacial score (nSPS) is 11.3. The largest absolute Gasteiger partial charge is 0.481 e. The van der Waals surface area contributed by atoms with Crippen molar-refractivity contribution in [1.82, 2.24) is 0 Å². The second-order valence-electron chi connectivity index (χ2n) is 12.3. The molecule has 0 saturated carbocycles. The molecule has 0 aliphatic rings. The summed E-state index contributed by atoms with van der Waals surface area (Å²) >= 11 is 0. The van der Waals surface area contributed by atoms with Gasteiger partial charge in [0.2, 0.25) is 0 Å². The van der Waals surface area contributed by atoms with Gasteiger partial charge in [-0.15, -0.1) is 0 Å². The second-order valence-corrected chi connectivity index (χ2v) is 12.3. The zero-order valence-corrected chi connectivity index (χ0v) is 27.5. The second kappa shape index (κ2) is 35.5. The van der Waals surface area contributed by atoms with Crippen molar-refractivity contribution in [2.45, 2.75) is 207 Å². The van der Waals surface area contributed by atoms with E-state index in [-0.39, 0.29) is 0 Å². The Morgan fingerprint density at radius 3 is 1.03 bits per heavy atom. The van der Waals surface area contributed by atoms with Crippen molar-refractivity contribution in [3.63, 3.8) is 0 Å². The molecule has 0 rings (SSSR count). The smallest absolute Gasteiger partial charge is 0.303 e. The fourth-order valence-electron chi connectivity index (χ4n) is 5.74. The molecule has 0 saturated heterocycles. The predicted octanol–water partition coefficient (Wildman–Crippen LogP) is 12.3. The van der Waals surface area contributed by atoms with Crippen molar-refractivity contribution in [1.29, 1.82) is 0 Å². The first-order valence-corrected chi connectivity index (χ1v) is 17.9. The topological polar surface area (TPSA) is 57.5 Å². The van der Waals surface area contributed by atoms with E-state index in [9.17, 15) is 4.79 Å². The minimum absolute atomic E-state index is 0.344. The van der Waals surface area contributed by atoms with E-state index < -0.39 is 5.97 Å². The van der Waals surface area contributed by atoms with Gasteiger partial charge in [0.25, 0.3) is 0 Å². The lowest BCUT2D eigenvalue weighted by atomic mass is 9.90. The van der Waals surface area contributed by atoms with E-state index in [1.54, 1.807) is 0 Å². The Kier molecular flexibility index (Phi) is 36.9. The molecule has 2 N–H and O–H groups in total. The highest BCUT2D eigenvalue weighted by atomic mass is 16.4. The number of aliphatic carboxylic acids is 1. The molecule has 236 valence electrons. The monoisotopic (exact) mass is 555 g/mol. The van der Waals surface area contributed by atoms with Gasteiger partial charge < -0.3 is 10.2 Å². The van der Waals surface area contributed by atoms with Crippen molar-refractivity contribution < 1.29 is 15.0 Å². The SMILES string of the molecule is CCCCCC(CCCCC)CCCCCCC(=O)O.CCCCCC(CCCCC)CCCCCCCO. The maximum atomic E-state index is 10.4. The molecule has 0 amide bonds. The Labute approximate surface area is 246 Å². The fourth-order valence-corrected chi connectivity index (χ4v) is 5.74. The number of carboxylic acid groups (broad SMARTS) is 1. The van der Waals surface area contributed by atoms with Crippen molar-refractivity contribution >= 4 is 5.97 Å². The van der Waals surface area contributed by atoms with Gasteiger partial charge in [0.05, 0.1) is 0 Å². The molecule has 0 unspecified atom stereocenters. The third kappa shape index (κ3) is 35.4. The van der Waals surface area contributed by atoms with Gasteiger partial charge in [-0.2, -0.15) is 0 Å². The third-order valence-electron chi connectivity index (χ3n) is 8.39. The van der Waals surface area contributed by atoms with Crippen LogP contribution in [0, 0.1) is 11.8 Å². The molecule has 0 aromatic rings. The van der Waals surface area contributed by atoms with Gasteiger partial charge in [-0.25, -0.2) is 0 Å². The van der Waals surface area contributed by atoms with Gasteiger partial charge >= 0.3 is 5.97 Å². The number of carboxylic acids is 1. The fraction of sp³-hybridized carbons (Fsp3) is 0.972. The first kappa shape index (κ1) is 40.6. The summed E-state index contributed by atoms with van der Waals surface area (Å²) < 4.78 is 0. The summed E-state index contributed by atoms with van der Waals surface area (Å²) in [5, 5.41) is 17.4. The van der Waals surface area contributed by atoms with Crippen LogP contribution in [0.1, 0.15) is 207 Å². The predicted molar refractivity (Wildman–Crippen MR) is 174 cm³/mol. The molecule has 0 fully saturated rings. The molecule has 3 heteroatoms. The highest BCUT2D eigenvalue weighted by molar-refractivity contribution is 5.66. The summed E-state index contributed by atoms with van der Waals surface area (Å²) in [6.07, 6.45) is 36.3. The quantitative estimate of drug-likeness (QED) is 0.0868. The molecule has 0 heterocycles. The van der Waals surface area contributed by atoms with E-state index in [2.05, 4.69) is 27.7 Å². The van der Waals surface area contributed by atoms with E-state index in [4.69, 9.17) is 10.2 Å². The minimum atomic E-state index is -0.651. The number of aliphatic hydroxyl groups is 1. The van der Waals surface area contributed by atoms with Crippen LogP contribution in [0.2, 0.25) is 0 Å². The molecular weight excluding hydrogens is 480 g/mol. The lowest BCUT2D eigenvalue weighted by Crippen LogP contribution is -2.01. The number of hydrogen-bond donors (Lipinski definition) is 2. The minimum Gasteiger partial charge on any atom is -0.481 e. The molecular formula is C36H74O3. The summed E-state index contributed by atoms with van der Waals surface area (Å²) in [7, 11) is 0. The van der Waals surface area contributed by atoms with Gasteiger partial charge in [-0.3, -0.25) is 4.79 Å². The maximum absolute atomic E-state index is 10.4. The summed E-state index contributed by atoms with van der Waals surface area (Å²) in [6.45, 7) is 9.51. The Balaban J connectivity index is 0. The highest BCUT2D eigenvalue weighted by Gasteiger charge is 2.09. The van der Waals surface area contributed by atoms with Crippen molar-refractivity contribution in [3.8, 4) is 0 Å². The molecule has 0 spiro atoms. The Hall–Kier alpha value is -0.570. The van der Waals surface area contributed by atoms with Crippen LogP contribution in [0.3, 0.4) is 0 Å². The van der Waals surface area contributed by atoms with Crippen LogP contribution in [-0.2, 0) is 4.79 Å². The molecule has 0 radical (unpaired) electrons. The van der Waals surface area contributed by atoms with Gasteiger partial charge in [0, 0.05) is 13.0 Å². The standard InChI is InChI=1S/C18H36O2.C18H38O/c1-3-5-9-13-17(14-10-6-4-2)15-11-7-8-12-16-18(19)20;1-3-5-10-14-18(15-11-6-4-2)16-12-8-7-9-13-17-19/h17H,3-16H2,1-2H3,(H,19,20);18-19H,3-17H2,1-2H3. The van der Waals surface area contributed by atoms with Gasteiger partial charge in [-0.05, 0) is 24.7 Å². The third-order valence-corrected chi connectivity index (χ3v) is 8.39. The van der Waals surface area contributed by atoms with Crippen LogP contribution in [-0.4, -0.2) is 22.8 Å². The molecule has 39 heavy (non-hydrogen) atoms. The number of rotatable bonds is 30. The number of carbonyl (C=O) groups is 1. The number of aliphatic hydroxyl groups excluding tert-OH is 1. The zero-order chi connectivity index (χ0) is 29.2. The molecule has 0 atom stereocenters. The molecule has 0 aromatic heterocycles. The summed E-state index contributed by atoms with van der Waals surface area (Å²) in [6, 6.07) is 0. The van der Waals surface area contributed by atoms with Crippen molar-refractivity contribution in [2.24, 2.45) is 11.8 Å². The lowest BCUT2D eigenvalue weighted by molar-refractivity contribution is -0.137. The van der Waals surface area contributed by atoms with Crippen molar-refractivity contribution in [3.05, 3.63) is 0 Å². The highest BCUT2D eigenvalue weighted by Crippen LogP contribution is 2.25. The van der Waals surface area contributed by atoms with Crippen LogP contribution in [0.15, 0.2) is 0 Å². The Bertz CT molecular complexity index is 431. The van der Waals surface area contributed by atoms with Gasteiger partial charge in [0.1, 0.15) is 0 Å². The van der Waals surface area contributed by atoms with Gasteiger partial charge in [0.15, 0.2) is 0 Å². The first-order valence-electron chi connectivity index (χ1n) is 17.9. The Morgan fingerprint density at radius 2 is 0.718 bits per heavy atom. The summed E-state index contributed by atoms with van der Waals surface area (Å²) in [4.78, 5) is 10.4. The van der Waals surface area contributed by atoms with Crippen molar-refractivity contribution in [2.75, 3.05) is 6.61 Å². The maximum Gasteiger partial charge on any atom is 0.303 e. The molecule has 0 aliphatic carbocycles. The average molecular weight is 555 g/mol. The summed E-state index contributed by atoms with van der Waals surface area (Å²) in [5.74, 6) is 1.27. The molecule has 0 aliphatic heterocycles. The van der Waals surface area contributed by atoms with E-state index in [0.717, 1.165) is 31.1 Å².